The summed E-state index contributed by atoms with van der Waals surface area (Å²) in [5.74, 6) is 2.05. The molecule has 0 amide bonds. The lowest BCUT2D eigenvalue weighted by atomic mass is 10.0. The summed E-state index contributed by atoms with van der Waals surface area (Å²) in [6, 6.07) is 0. The maximum atomic E-state index is 5.45. The van der Waals surface area contributed by atoms with Crippen LogP contribution in [-0.2, 0) is 0 Å². The minimum absolute atomic E-state index is 0. The predicted molar refractivity (Wildman–Crippen MR) is 102 cm³/mol. The average molecular weight is 368 g/mol. The molecule has 0 aliphatic carbocycles. The minimum Gasteiger partial charge on any atom is -0.322 e. The third-order valence-corrected chi connectivity index (χ3v) is 4.57. The van der Waals surface area contributed by atoms with Gasteiger partial charge in [-0.2, -0.15) is 0 Å². The third-order valence-electron chi connectivity index (χ3n) is 3.76. The van der Waals surface area contributed by atoms with Gasteiger partial charge in [0.25, 0.3) is 0 Å². The van der Waals surface area contributed by atoms with Gasteiger partial charge in [0.05, 0.1) is 0 Å². The highest BCUT2D eigenvalue weighted by atomic mass is 79.9. The van der Waals surface area contributed by atoms with E-state index in [1.54, 1.807) is 0 Å². The maximum absolute atomic E-state index is 5.45. The summed E-state index contributed by atoms with van der Waals surface area (Å²) >= 11 is 1.87. The molecule has 1 nitrogen and oxygen atoms in total. The number of hydrogen-bond donors (Lipinski definition) is 1. The molecule has 124 valence electrons. The Morgan fingerprint density at radius 1 is 0.600 bits per heavy atom. The fraction of sp³-hybridized carbons (Fsp3) is 1.00. The van der Waals surface area contributed by atoms with Gasteiger partial charge in [-0.3, -0.25) is 0 Å². The summed E-state index contributed by atoms with van der Waals surface area (Å²) in [4.78, 5) is 0. The highest BCUT2D eigenvalue weighted by molar-refractivity contribution is 8.93. The zero-order valence-electron chi connectivity index (χ0n) is 13.7. The van der Waals surface area contributed by atoms with E-state index in [4.69, 9.17) is 5.73 Å². The Morgan fingerprint density at radius 3 is 1.30 bits per heavy atom. The van der Waals surface area contributed by atoms with Crippen LogP contribution in [-0.4, -0.2) is 11.6 Å². The first-order valence-electron chi connectivity index (χ1n) is 8.69. The maximum Gasteiger partial charge on any atom is 0.0392 e. The molecule has 0 aromatic rings. The molecule has 0 bridgehead atoms. The zero-order chi connectivity index (χ0) is 14.0. The van der Waals surface area contributed by atoms with Crippen LogP contribution in [0.4, 0.5) is 0 Å². The Bertz CT molecular complexity index is 140. The van der Waals surface area contributed by atoms with Crippen molar-refractivity contribution >= 4 is 28.7 Å². The SMILES string of the molecule is Br.CCCCCCCCCCCCCCCCSCN. The molecule has 0 radical (unpaired) electrons. The van der Waals surface area contributed by atoms with Gasteiger partial charge in [-0.1, -0.05) is 90.4 Å². The Hall–Kier alpha value is 0.790. The fourth-order valence-corrected chi connectivity index (χ4v) is 3.06. The molecule has 0 unspecified atom stereocenters. The second kappa shape index (κ2) is 22.1. The van der Waals surface area contributed by atoms with Crippen molar-refractivity contribution in [3.8, 4) is 0 Å². The van der Waals surface area contributed by atoms with E-state index in [0.717, 1.165) is 5.88 Å². The molecule has 0 aliphatic rings. The second-order valence-electron chi connectivity index (χ2n) is 5.67. The Kier molecular flexibility index (Phi) is 25.5. The van der Waals surface area contributed by atoms with Crippen molar-refractivity contribution in [2.24, 2.45) is 5.73 Å². The van der Waals surface area contributed by atoms with Crippen molar-refractivity contribution in [1.82, 2.24) is 0 Å². The van der Waals surface area contributed by atoms with E-state index in [1.165, 1.54) is 95.6 Å². The van der Waals surface area contributed by atoms with Crippen LogP contribution in [0.1, 0.15) is 96.8 Å². The average Bonchev–Trinajstić information content (AvgIpc) is 2.43. The van der Waals surface area contributed by atoms with Crippen LogP contribution in [0.25, 0.3) is 0 Å². The molecule has 20 heavy (non-hydrogen) atoms. The molecule has 0 aliphatic heterocycles. The number of nitrogens with two attached hydrogens (primary N) is 1. The zero-order valence-corrected chi connectivity index (χ0v) is 16.2. The molecule has 0 fully saturated rings. The molecule has 0 aromatic carbocycles. The van der Waals surface area contributed by atoms with Crippen LogP contribution in [0.3, 0.4) is 0 Å². The number of hydrogen-bond acceptors (Lipinski definition) is 2. The molecule has 0 saturated heterocycles. The first-order valence-corrected chi connectivity index (χ1v) is 9.85. The van der Waals surface area contributed by atoms with E-state index >= 15 is 0 Å². The fourth-order valence-electron chi connectivity index (χ4n) is 2.48. The molecular formula is C17H38BrNS. The summed E-state index contributed by atoms with van der Waals surface area (Å²) in [5.41, 5.74) is 5.45. The lowest BCUT2D eigenvalue weighted by molar-refractivity contribution is 0.538. The standard InChI is InChI=1S/C17H37NS.BrH/c1-2-3-4-5-6-7-8-9-10-11-12-13-14-15-16-19-17-18;/h2-18H2,1H3;1H. The van der Waals surface area contributed by atoms with Gasteiger partial charge in [0.2, 0.25) is 0 Å². The van der Waals surface area contributed by atoms with Gasteiger partial charge in [-0.15, -0.1) is 28.7 Å². The van der Waals surface area contributed by atoms with Gasteiger partial charge in [-0.05, 0) is 12.2 Å². The van der Waals surface area contributed by atoms with Gasteiger partial charge >= 0.3 is 0 Å². The summed E-state index contributed by atoms with van der Waals surface area (Å²) < 4.78 is 0. The predicted octanol–water partition coefficient (Wildman–Crippen LogP) is 6.70. The summed E-state index contributed by atoms with van der Waals surface area (Å²) in [6.07, 6.45) is 20.2. The van der Waals surface area contributed by atoms with Crippen molar-refractivity contribution < 1.29 is 0 Å². The molecular weight excluding hydrogens is 330 g/mol. The first kappa shape index (κ1) is 23.1. The molecule has 2 N–H and O–H groups in total. The molecule has 0 spiro atoms. The second-order valence-corrected chi connectivity index (χ2v) is 6.82. The van der Waals surface area contributed by atoms with E-state index in [2.05, 4.69) is 6.92 Å². The van der Waals surface area contributed by atoms with Crippen LogP contribution >= 0.6 is 28.7 Å². The summed E-state index contributed by atoms with van der Waals surface area (Å²) in [6.45, 7) is 2.29. The minimum atomic E-state index is 0. The van der Waals surface area contributed by atoms with Crippen molar-refractivity contribution in [2.75, 3.05) is 11.6 Å². The van der Waals surface area contributed by atoms with E-state index in [1.807, 2.05) is 11.8 Å². The third kappa shape index (κ3) is 21.1. The van der Waals surface area contributed by atoms with Crippen molar-refractivity contribution in [3.05, 3.63) is 0 Å². The lowest BCUT2D eigenvalue weighted by Gasteiger charge is -2.03. The molecule has 3 heteroatoms. The van der Waals surface area contributed by atoms with E-state index in [-0.39, 0.29) is 17.0 Å². The molecule has 0 heterocycles. The number of unbranched alkanes of at least 4 members (excludes halogenated alkanes) is 13. The van der Waals surface area contributed by atoms with E-state index in [9.17, 15) is 0 Å². The Labute approximate surface area is 143 Å². The lowest BCUT2D eigenvalue weighted by Crippen LogP contribution is -1.93. The largest absolute Gasteiger partial charge is 0.322 e. The molecule has 0 saturated carbocycles. The molecule has 0 rings (SSSR count). The molecule has 0 atom stereocenters. The smallest absolute Gasteiger partial charge is 0.0392 e. The van der Waals surface area contributed by atoms with Crippen LogP contribution in [0.15, 0.2) is 0 Å². The highest BCUT2D eigenvalue weighted by Gasteiger charge is 1.94. The van der Waals surface area contributed by atoms with Crippen molar-refractivity contribution in [1.29, 1.82) is 0 Å². The quantitative estimate of drug-likeness (QED) is 0.242. The number of halogens is 1. The van der Waals surface area contributed by atoms with Gasteiger partial charge in [0.15, 0.2) is 0 Å². The van der Waals surface area contributed by atoms with Gasteiger partial charge in [-0.25, -0.2) is 0 Å². The normalized spacial score (nSPS) is 10.5. The topological polar surface area (TPSA) is 26.0 Å². The van der Waals surface area contributed by atoms with Gasteiger partial charge in [0.1, 0.15) is 0 Å². The monoisotopic (exact) mass is 367 g/mol. The number of thioether (sulfide) groups is 1. The van der Waals surface area contributed by atoms with E-state index < -0.39 is 0 Å². The first-order chi connectivity index (χ1) is 9.41. The van der Waals surface area contributed by atoms with E-state index in [0.29, 0.717) is 0 Å². The molecule has 0 aromatic heterocycles. The highest BCUT2D eigenvalue weighted by Crippen LogP contribution is 2.13. The Balaban J connectivity index is 0. The van der Waals surface area contributed by atoms with Crippen LogP contribution < -0.4 is 5.73 Å². The summed E-state index contributed by atoms with van der Waals surface area (Å²) in [5, 5.41) is 0. The van der Waals surface area contributed by atoms with Crippen LogP contribution in [0.2, 0.25) is 0 Å². The van der Waals surface area contributed by atoms with Crippen molar-refractivity contribution in [3.63, 3.8) is 0 Å². The van der Waals surface area contributed by atoms with Gasteiger partial charge in [0, 0.05) is 5.88 Å². The number of rotatable bonds is 16. The van der Waals surface area contributed by atoms with Crippen molar-refractivity contribution in [2.45, 2.75) is 96.8 Å². The van der Waals surface area contributed by atoms with Crippen LogP contribution in [0, 0.1) is 0 Å². The Morgan fingerprint density at radius 2 is 0.950 bits per heavy atom. The summed E-state index contributed by atoms with van der Waals surface area (Å²) in [7, 11) is 0. The van der Waals surface area contributed by atoms with Gasteiger partial charge < -0.3 is 5.73 Å². The van der Waals surface area contributed by atoms with Crippen LogP contribution in [0.5, 0.6) is 0 Å².